The summed E-state index contributed by atoms with van der Waals surface area (Å²) in [7, 11) is 1.62. The molecule has 1 aliphatic rings. The van der Waals surface area contributed by atoms with Crippen LogP contribution in [-0.2, 0) is 28.0 Å². The highest BCUT2D eigenvalue weighted by molar-refractivity contribution is 7.99. The number of nitrogens with zero attached hydrogens (tertiary/aromatic N) is 5. The van der Waals surface area contributed by atoms with Crippen LogP contribution in [-0.4, -0.2) is 55.1 Å². The van der Waals surface area contributed by atoms with E-state index < -0.39 is 22.7 Å². The zero-order chi connectivity index (χ0) is 29.4. The minimum absolute atomic E-state index is 0.00477. The second-order valence-electron chi connectivity index (χ2n) is 10.8. The topological polar surface area (TPSA) is 122 Å². The molecule has 218 valence electrons. The summed E-state index contributed by atoms with van der Waals surface area (Å²) in [6, 6.07) is 7.64. The van der Waals surface area contributed by atoms with E-state index in [4.69, 9.17) is 9.47 Å². The van der Waals surface area contributed by atoms with Gasteiger partial charge in [0.2, 0.25) is 0 Å². The lowest BCUT2D eigenvalue weighted by Gasteiger charge is -2.27. The number of rotatable bonds is 12. The van der Waals surface area contributed by atoms with Crippen molar-refractivity contribution in [2.45, 2.75) is 63.8 Å². The average Bonchev–Trinajstić information content (AvgIpc) is 3.30. The Balaban J connectivity index is 1.60. The Morgan fingerprint density at radius 3 is 2.56 bits per heavy atom. The third-order valence-electron chi connectivity index (χ3n) is 7.37. The second kappa shape index (κ2) is 11.5. The van der Waals surface area contributed by atoms with E-state index in [0.29, 0.717) is 46.2 Å². The first-order chi connectivity index (χ1) is 19.6. The van der Waals surface area contributed by atoms with Crippen LogP contribution in [0.15, 0.2) is 46.2 Å². The average molecular weight is 599 g/mol. The highest BCUT2D eigenvalue weighted by Crippen LogP contribution is 2.46. The van der Waals surface area contributed by atoms with Gasteiger partial charge in [0.25, 0.3) is 11.5 Å². The number of aryl methyl sites for hydroxylation is 3. The van der Waals surface area contributed by atoms with Gasteiger partial charge in [-0.2, -0.15) is 10.2 Å². The number of ether oxygens (including phenoxy) is 2. The summed E-state index contributed by atoms with van der Waals surface area (Å²) in [6.45, 7) is 8.21. The number of thiophene rings is 1. The molecule has 0 aliphatic heterocycles. The molecule has 0 radical (unpaired) electrons. The predicted octanol–water partition coefficient (Wildman–Crippen LogP) is 3.43. The smallest absolute Gasteiger partial charge is 0.333 e. The maximum absolute atomic E-state index is 14.2. The molecule has 0 atom stereocenters. The molecule has 0 unspecified atom stereocenters. The van der Waals surface area contributed by atoms with Crippen molar-refractivity contribution in [1.29, 1.82) is 0 Å². The zero-order valence-electron chi connectivity index (χ0n) is 23.8. The molecule has 13 heteroatoms. The fourth-order valence-electron chi connectivity index (χ4n) is 4.53. The summed E-state index contributed by atoms with van der Waals surface area (Å²) in [6.07, 6.45) is 5.59. The Hall–Kier alpha value is -3.42. The molecular weight excluding hydrogens is 564 g/mol. The number of benzene rings is 1. The molecule has 3 heterocycles. The first-order valence-electron chi connectivity index (χ1n) is 13.4. The normalized spacial score (nSPS) is 14.4. The second-order valence-corrected chi connectivity index (χ2v) is 13.2. The van der Waals surface area contributed by atoms with E-state index in [-0.39, 0.29) is 11.3 Å². The van der Waals surface area contributed by atoms with E-state index in [0.717, 1.165) is 23.0 Å². The van der Waals surface area contributed by atoms with Gasteiger partial charge in [-0.05, 0) is 70.5 Å². The Morgan fingerprint density at radius 1 is 1.17 bits per heavy atom. The third-order valence-corrected chi connectivity index (χ3v) is 9.84. The van der Waals surface area contributed by atoms with Crippen molar-refractivity contribution in [2.24, 2.45) is 0 Å². The van der Waals surface area contributed by atoms with Gasteiger partial charge >= 0.3 is 5.69 Å². The van der Waals surface area contributed by atoms with Crippen LogP contribution >= 0.6 is 23.3 Å². The van der Waals surface area contributed by atoms with E-state index in [1.54, 1.807) is 37.9 Å². The van der Waals surface area contributed by atoms with Crippen LogP contribution in [0, 0.1) is 6.92 Å². The van der Waals surface area contributed by atoms with Gasteiger partial charge in [-0.3, -0.25) is 18.9 Å². The van der Waals surface area contributed by atoms with E-state index in [9.17, 15) is 14.4 Å². The number of methoxy groups -OCH3 is 1. The van der Waals surface area contributed by atoms with E-state index in [2.05, 4.69) is 21.8 Å². The van der Waals surface area contributed by atoms with Gasteiger partial charge in [0, 0.05) is 24.0 Å². The van der Waals surface area contributed by atoms with Gasteiger partial charge in [-0.15, -0.1) is 4.80 Å². The maximum Gasteiger partial charge on any atom is 0.333 e. The van der Waals surface area contributed by atoms with Crippen molar-refractivity contribution in [3.63, 3.8) is 0 Å². The lowest BCUT2D eigenvalue weighted by atomic mass is 10.0. The molecule has 3 aromatic heterocycles. The minimum Gasteiger partial charge on any atom is -0.491 e. The largest absolute Gasteiger partial charge is 0.491 e. The SMILES string of the molecule is COCCOc1ccccc1CCn1c(=O)n(C(C)(C)C(=O)NSC2(C)CC2)c(=O)c2c(C)c(-n3nccn3)sc21. The fourth-order valence-corrected chi connectivity index (χ4v) is 6.66. The van der Waals surface area contributed by atoms with Crippen LogP contribution in [0.4, 0.5) is 0 Å². The molecule has 11 nitrogen and oxygen atoms in total. The molecule has 1 N–H and O–H groups in total. The number of carbonyl (C=O) groups excluding carboxylic acids is 1. The molecular formula is C28H34N6O5S2. The maximum atomic E-state index is 14.2. The van der Waals surface area contributed by atoms with Crippen molar-refractivity contribution in [2.75, 3.05) is 20.3 Å². The number of fused-ring (bicyclic) bond motifs is 1. The summed E-state index contributed by atoms with van der Waals surface area (Å²) < 4.78 is 16.6. The van der Waals surface area contributed by atoms with Crippen LogP contribution in [0.2, 0.25) is 0 Å². The van der Waals surface area contributed by atoms with Crippen LogP contribution in [0.5, 0.6) is 5.75 Å². The highest BCUT2D eigenvalue weighted by Gasteiger charge is 2.41. The van der Waals surface area contributed by atoms with Gasteiger partial charge in [0.05, 0.1) is 24.4 Å². The molecule has 1 aliphatic carbocycles. The Bertz CT molecular complexity index is 1680. The molecule has 5 rings (SSSR count). The molecule has 0 saturated heterocycles. The highest BCUT2D eigenvalue weighted by atomic mass is 32.2. The standard InChI is InChI=1S/C28H34N6O5S2/c1-18-21-22(35)33(27(2,3)25(36)31-41-28(4)11-12-28)26(37)32(24(21)40-23(18)34-29-13-14-30-34)15-10-19-8-6-7-9-20(19)39-17-16-38-5/h6-9,13-14H,10-12,15-17H2,1-5H3,(H,31,36). The Morgan fingerprint density at radius 2 is 1.88 bits per heavy atom. The van der Waals surface area contributed by atoms with E-state index in [1.165, 1.54) is 28.1 Å². The first-order valence-corrected chi connectivity index (χ1v) is 15.0. The number of hydrogen-bond acceptors (Lipinski definition) is 9. The molecule has 0 bridgehead atoms. The first kappa shape index (κ1) is 29.1. The fraction of sp³-hybridized carbons (Fsp3) is 0.464. The molecule has 1 fully saturated rings. The van der Waals surface area contributed by atoms with E-state index >= 15 is 0 Å². The van der Waals surface area contributed by atoms with Crippen LogP contribution < -0.4 is 20.7 Å². The van der Waals surface area contributed by atoms with Crippen molar-refractivity contribution in [1.82, 2.24) is 28.9 Å². The zero-order valence-corrected chi connectivity index (χ0v) is 25.4. The summed E-state index contributed by atoms with van der Waals surface area (Å²) >= 11 is 2.63. The number of aromatic nitrogens is 5. The molecule has 0 spiro atoms. The number of amides is 1. The summed E-state index contributed by atoms with van der Waals surface area (Å²) in [5.74, 6) is 0.302. The molecule has 4 aromatic rings. The van der Waals surface area contributed by atoms with Crippen LogP contribution in [0.1, 0.15) is 44.7 Å². The van der Waals surface area contributed by atoms with Gasteiger partial charge in [0.1, 0.15) is 27.7 Å². The van der Waals surface area contributed by atoms with Gasteiger partial charge in [-0.1, -0.05) is 29.5 Å². The van der Waals surface area contributed by atoms with E-state index in [1.807, 2.05) is 31.2 Å². The third kappa shape index (κ3) is 5.70. The predicted molar refractivity (Wildman–Crippen MR) is 160 cm³/mol. The van der Waals surface area contributed by atoms with Crippen molar-refractivity contribution >= 4 is 39.4 Å². The number of hydrogen-bond donors (Lipinski definition) is 1. The Labute approximate surface area is 245 Å². The lowest BCUT2D eigenvalue weighted by molar-refractivity contribution is -0.126. The van der Waals surface area contributed by atoms with Crippen molar-refractivity contribution in [3.8, 4) is 10.8 Å². The van der Waals surface area contributed by atoms with Gasteiger partial charge in [0.15, 0.2) is 0 Å². The Kier molecular flexibility index (Phi) is 8.13. The summed E-state index contributed by atoms with van der Waals surface area (Å²) in [5.41, 5.74) is -0.950. The van der Waals surface area contributed by atoms with Crippen molar-refractivity contribution in [3.05, 3.63) is 68.6 Å². The number of para-hydroxylation sites is 1. The number of carbonyl (C=O) groups is 1. The van der Waals surface area contributed by atoms with Gasteiger partial charge < -0.3 is 9.47 Å². The van der Waals surface area contributed by atoms with Crippen molar-refractivity contribution < 1.29 is 14.3 Å². The molecule has 1 aromatic carbocycles. The lowest BCUT2D eigenvalue weighted by Crippen LogP contribution is -2.55. The minimum atomic E-state index is -1.44. The summed E-state index contributed by atoms with van der Waals surface area (Å²) in [5, 5.41) is 9.49. The van der Waals surface area contributed by atoms with Crippen LogP contribution in [0.25, 0.3) is 15.2 Å². The summed E-state index contributed by atoms with van der Waals surface area (Å²) in [4.78, 5) is 43.6. The number of nitrogens with one attached hydrogen (secondary N) is 1. The molecule has 1 amide bonds. The molecule has 41 heavy (non-hydrogen) atoms. The quantitative estimate of drug-likeness (QED) is 0.194. The van der Waals surface area contributed by atoms with Crippen LogP contribution in [0.3, 0.4) is 0 Å². The van der Waals surface area contributed by atoms with Gasteiger partial charge in [-0.25, -0.2) is 9.36 Å². The monoisotopic (exact) mass is 598 g/mol. The molecule has 1 saturated carbocycles.